The fraction of sp³-hybridized carbons (Fsp3) is 0.409. The van der Waals surface area contributed by atoms with Crippen LogP contribution in [0.3, 0.4) is 0 Å². The number of hydrogen-bond donors (Lipinski definition) is 3. The second-order valence-corrected chi connectivity index (χ2v) is 7.57. The molecule has 0 spiro atoms. The van der Waals surface area contributed by atoms with E-state index in [1.807, 2.05) is 54.6 Å². The van der Waals surface area contributed by atoms with E-state index in [1.165, 1.54) is 0 Å². The molecular formula is C22H26N2O3. The highest BCUT2D eigenvalue weighted by molar-refractivity contribution is 5.92. The topological polar surface area (TPSA) is 70.6 Å². The zero-order valence-electron chi connectivity index (χ0n) is 15.6. The van der Waals surface area contributed by atoms with E-state index < -0.39 is 17.1 Å². The molecule has 1 aliphatic heterocycles. The van der Waals surface area contributed by atoms with Gasteiger partial charge in [-0.1, -0.05) is 42.5 Å². The van der Waals surface area contributed by atoms with E-state index >= 15 is 0 Å². The number of hydrogen-bond acceptors (Lipinski definition) is 4. The van der Waals surface area contributed by atoms with Gasteiger partial charge in [0.2, 0.25) is 5.91 Å². The third-order valence-corrected chi connectivity index (χ3v) is 6.06. The number of benzene rings is 2. The maximum absolute atomic E-state index is 13.4. The normalized spacial score (nSPS) is 26.2. The van der Waals surface area contributed by atoms with E-state index in [9.17, 15) is 9.90 Å². The van der Waals surface area contributed by atoms with E-state index in [-0.39, 0.29) is 5.91 Å². The van der Waals surface area contributed by atoms with Crippen LogP contribution in [0.15, 0.2) is 54.6 Å². The van der Waals surface area contributed by atoms with Crippen LogP contribution in [-0.2, 0) is 15.7 Å². The van der Waals surface area contributed by atoms with Crippen molar-refractivity contribution in [3.8, 4) is 5.75 Å². The summed E-state index contributed by atoms with van der Waals surface area (Å²) in [5, 5.41) is 17.3. The average molecular weight is 366 g/mol. The molecule has 2 aromatic rings. The Morgan fingerprint density at radius 3 is 2.37 bits per heavy atom. The molecule has 142 valence electrons. The Morgan fingerprint density at radius 2 is 1.78 bits per heavy atom. The fourth-order valence-corrected chi connectivity index (χ4v) is 4.16. The van der Waals surface area contributed by atoms with Crippen molar-refractivity contribution in [1.82, 2.24) is 10.6 Å². The van der Waals surface area contributed by atoms with E-state index in [4.69, 9.17) is 4.74 Å². The number of nitrogens with one attached hydrogen (secondary N) is 2. The standard InChI is InChI=1S/C22H26N2O3/c1-27-18-9-7-16(8-10-18)21(11-12-21)20(26)24-22(13-14-23-15-19(22)25)17-5-3-2-4-6-17/h2-10,19,23,25H,11-15H2,1H3,(H,24,26)/t19-,22-/m1/s1. The Kier molecular flexibility index (Phi) is 4.66. The molecule has 3 N–H and O–H groups in total. The predicted octanol–water partition coefficient (Wildman–Crippen LogP) is 2.09. The van der Waals surface area contributed by atoms with Crippen molar-refractivity contribution in [3.63, 3.8) is 0 Å². The molecule has 0 radical (unpaired) electrons. The Morgan fingerprint density at radius 1 is 1.07 bits per heavy atom. The smallest absolute Gasteiger partial charge is 0.231 e. The molecule has 1 saturated heterocycles. The summed E-state index contributed by atoms with van der Waals surface area (Å²) < 4.78 is 5.23. The van der Waals surface area contributed by atoms with Crippen LogP contribution >= 0.6 is 0 Å². The molecule has 1 aliphatic carbocycles. The SMILES string of the molecule is COc1ccc(C2(C(=O)N[C@@]3(c4ccccc4)CCNC[C@H]3O)CC2)cc1. The van der Waals surface area contributed by atoms with Crippen LogP contribution in [0.1, 0.15) is 30.4 Å². The van der Waals surface area contributed by atoms with E-state index in [2.05, 4.69) is 10.6 Å². The number of piperidine rings is 1. The summed E-state index contributed by atoms with van der Waals surface area (Å²) in [6, 6.07) is 17.6. The lowest BCUT2D eigenvalue weighted by Gasteiger charge is -2.43. The maximum atomic E-state index is 13.4. The molecule has 5 heteroatoms. The molecule has 0 unspecified atom stereocenters. The van der Waals surface area contributed by atoms with Gasteiger partial charge in [0.25, 0.3) is 0 Å². The summed E-state index contributed by atoms with van der Waals surface area (Å²) in [5.74, 6) is 0.780. The van der Waals surface area contributed by atoms with Crippen LogP contribution in [-0.4, -0.2) is 37.3 Å². The molecule has 0 aromatic heterocycles. The molecule has 5 nitrogen and oxygen atoms in total. The summed E-state index contributed by atoms with van der Waals surface area (Å²) >= 11 is 0. The van der Waals surface area contributed by atoms with Gasteiger partial charge in [0, 0.05) is 6.54 Å². The van der Waals surface area contributed by atoms with Crippen LogP contribution in [0.5, 0.6) is 5.75 Å². The number of rotatable bonds is 5. The maximum Gasteiger partial charge on any atom is 0.231 e. The summed E-state index contributed by atoms with van der Waals surface area (Å²) in [5.41, 5.74) is 0.704. The van der Waals surface area contributed by atoms with Gasteiger partial charge in [-0.05, 0) is 49.1 Å². The van der Waals surface area contributed by atoms with Crippen molar-refractivity contribution in [2.75, 3.05) is 20.2 Å². The zero-order chi connectivity index (χ0) is 18.9. The van der Waals surface area contributed by atoms with E-state index in [0.29, 0.717) is 13.0 Å². The number of β-amino-alcohol motifs (C(OH)–C–C–N with tert-alkyl or cyclic N) is 1. The van der Waals surface area contributed by atoms with Gasteiger partial charge in [-0.15, -0.1) is 0 Å². The molecule has 2 fully saturated rings. The molecule has 2 aliphatic rings. The van der Waals surface area contributed by atoms with Gasteiger partial charge in [0.15, 0.2) is 0 Å². The molecular weight excluding hydrogens is 340 g/mol. The van der Waals surface area contributed by atoms with Crippen molar-refractivity contribution in [3.05, 3.63) is 65.7 Å². The lowest BCUT2D eigenvalue weighted by Crippen LogP contribution is -2.62. The first-order chi connectivity index (χ1) is 13.1. The molecule has 1 heterocycles. The molecule has 27 heavy (non-hydrogen) atoms. The summed E-state index contributed by atoms with van der Waals surface area (Å²) in [6.45, 7) is 1.21. The number of aliphatic hydroxyl groups excluding tert-OH is 1. The van der Waals surface area contributed by atoms with Crippen molar-refractivity contribution < 1.29 is 14.6 Å². The summed E-state index contributed by atoms with van der Waals surface area (Å²) in [7, 11) is 1.64. The van der Waals surface area contributed by atoms with Gasteiger partial charge in [-0.3, -0.25) is 4.79 Å². The Hall–Kier alpha value is -2.37. The monoisotopic (exact) mass is 366 g/mol. The van der Waals surface area contributed by atoms with Gasteiger partial charge >= 0.3 is 0 Å². The van der Waals surface area contributed by atoms with Gasteiger partial charge < -0.3 is 20.5 Å². The fourth-order valence-electron chi connectivity index (χ4n) is 4.16. The minimum absolute atomic E-state index is 0.00234. The van der Waals surface area contributed by atoms with Gasteiger partial charge in [-0.25, -0.2) is 0 Å². The van der Waals surface area contributed by atoms with Crippen LogP contribution < -0.4 is 15.4 Å². The van der Waals surface area contributed by atoms with Crippen LogP contribution in [0, 0.1) is 0 Å². The van der Waals surface area contributed by atoms with E-state index in [1.54, 1.807) is 7.11 Å². The highest BCUT2D eigenvalue weighted by atomic mass is 16.5. The molecule has 2 aromatic carbocycles. The minimum Gasteiger partial charge on any atom is -0.497 e. The molecule has 1 amide bonds. The number of carbonyl (C=O) groups is 1. The number of ether oxygens (including phenoxy) is 1. The molecule has 0 bridgehead atoms. The number of aliphatic hydroxyl groups is 1. The largest absolute Gasteiger partial charge is 0.497 e. The first kappa shape index (κ1) is 18.0. The molecule has 2 atom stereocenters. The average Bonchev–Trinajstić information content (AvgIpc) is 3.53. The zero-order valence-corrected chi connectivity index (χ0v) is 15.6. The lowest BCUT2D eigenvalue weighted by molar-refractivity contribution is -0.128. The molecule has 1 saturated carbocycles. The Bertz CT molecular complexity index is 802. The highest BCUT2D eigenvalue weighted by Crippen LogP contribution is 2.49. The number of amides is 1. The quantitative estimate of drug-likeness (QED) is 0.758. The lowest BCUT2D eigenvalue weighted by atomic mass is 9.78. The predicted molar refractivity (Wildman–Crippen MR) is 104 cm³/mol. The third-order valence-electron chi connectivity index (χ3n) is 6.06. The van der Waals surface area contributed by atoms with Crippen molar-refractivity contribution in [2.45, 2.75) is 36.3 Å². The van der Waals surface area contributed by atoms with Crippen molar-refractivity contribution in [1.29, 1.82) is 0 Å². The van der Waals surface area contributed by atoms with Gasteiger partial charge in [0.1, 0.15) is 5.75 Å². The Labute approximate surface area is 159 Å². The first-order valence-corrected chi connectivity index (χ1v) is 9.52. The van der Waals surface area contributed by atoms with E-state index in [0.717, 1.165) is 36.3 Å². The second kappa shape index (κ2) is 6.98. The summed E-state index contributed by atoms with van der Waals surface area (Å²) in [4.78, 5) is 13.4. The van der Waals surface area contributed by atoms with Gasteiger partial charge in [-0.2, -0.15) is 0 Å². The highest BCUT2D eigenvalue weighted by Gasteiger charge is 2.54. The van der Waals surface area contributed by atoms with Crippen LogP contribution in [0.4, 0.5) is 0 Å². The van der Waals surface area contributed by atoms with Crippen molar-refractivity contribution >= 4 is 5.91 Å². The van der Waals surface area contributed by atoms with Crippen LogP contribution in [0.25, 0.3) is 0 Å². The van der Waals surface area contributed by atoms with Crippen LogP contribution in [0.2, 0.25) is 0 Å². The van der Waals surface area contributed by atoms with Crippen molar-refractivity contribution in [2.24, 2.45) is 0 Å². The first-order valence-electron chi connectivity index (χ1n) is 9.52. The molecule has 4 rings (SSSR count). The minimum atomic E-state index is -0.758. The Balaban J connectivity index is 1.64. The number of carbonyl (C=O) groups excluding carboxylic acids is 1. The second-order valence-electron chi connectivity index (χ2n) is 7.57. The third kappa shape index (κ3) is 3.11. The number of methoxy groups -OCH3 is 1. The summed E-state index contributed by atoms with van der Waals surface area (Å²) in [6.07, 6.45) is 1.63. The van der Waals surface area contributed by atoms with Gasteiger partial charge in [0.05, 0.1) is 24.2 Å².